The first-order valence-electron chi connectivity index (χ1n) is 10.7. The Labute approximate surface area is 178 Å². The van der Waals surface area contributed by atoms with Crippen LogP contribution < -0.4 is 4.90 Å². The Hall–Kier alpha value is -2.92. The van der Waals surface area contributed by atoms with Crippen LogP contribution in [0.3, 0.4) is 0 Å². The van der Waals surface area contributed by atoms with E-state index in [1.54, 1.807) is 0 Å². The van der Waals surface area contributed by atoms with Gasteiger partial charge in [0.05, 0.1) is 11.3 Å². The number of piperazine rings is 1. The van der Waals surface area contributed by atoms with Gasteiger partial charge in [0, 0.05) is 26.2 Å². The van der Waals surface area contributed by atoms with E-state index in [4.69, 9.17) is 0 Å². The van der Waals surface area contributed by atoms with E-state index in [1.165, 1.54) is 10.5 Å². The van der Waals surface area contributed by atoms with Gasteiger partial charge in [0.1, 0.15) is 5.70 Å². The monoisotopic (exact) mass is 403 g/mol. The molecule has 2 aromatic rings. The second-order valence-corrected chi connectivity index (χ2v) is 8.23. The average Bonchev–Trinajstić information content (AvgIpc) is 3.00. The number of anilines is 1. The maximum atomic E-state index is 13.6. The number of carbonyl (C=O) groups excluding carboxylic acids is 2. The summed E-state index contributed by atoms with van der Waals surface area (Å²) in [4.78, 5) is 33.0. The first-order chi connectivity index (χ1) is 14.4. The molecule has 0 radical (unpaired) electrons. The second-order valence-electron chi connectivity index (χ2n) is 8.23. The van der Waals surface area contributed by atoms with E-state index < -0.39 is 0 Å². The molecule has 0 aliphatic carbocycles. The Morgan fingerprint density at radius 3 is 2.20 bits per heavy atom. The molecule has 0 saturated carbocycles. The van der Waals surface area contributed by atoms with E-state index in [1.807, 2.05) is 56.3 Å². The van der Waals surface area contributed by atoms with Crippen LogP contribution in [0, 0.1) is 20.8 Å². The highest BCUT2D eigenvalue weighted by molar-refractivity contribution is 6.45. The number of amides is 2. The molecule has 0 N–H and O–H groups in total. The van der Waals surface area contributed by atoms with Crippen LogP contribution >= 0.6 is 0 Å². The summed E-state index contributed by atoms with van der Waals surface area (Å²) in [5.41, 5.74) is 5.82. The molecule has 0 aromatic heterocycles. The molecule has 2 amide bonds. The molecule has 2 aliphatic rings. The number of carbonyl (C=O) groups is 2. The van der Waals surface area contributed by atoms with E-state index in [0.717, 1.165) is 49.4 Å². The van der Waals surface area contributed by atoms with Crippen molar-refractivity contribution in [3.63, 3.8) is 0 Å². The fourth-order valence-corrected chi connectivity index (χ4v) is 4.26. The number of benzene rings is 2. The molecular weight excluding hydrogens is 374 g/mol. The fourth-order valence-electron chi connectivity index (χ4n) is 4.26. The summed E-state index contributed by atoms with van der Waals surface area (Å²) in [5.74, 6) is -0.453. The van der Waals surface area contributed by atoms with Crippen molar-refractivity contribution in [2.75, 3.05) is 37.6 Å². The molecule has 2 aliphatic heterocycles. The molecule has 0 spiro atoms. The summed E-state index contributed by atoms with van der Waals surface area (Å²) < 4.78 is 0. The lowest BCUT2D eigenvalue weighted by atomic mass is 9.99. The zero-order chi connectivity index (χ0) is 21.4. The number of aryl methyl sites for hydroxylation is 3. The molecule has 156 valence electrons. The Morgan fingerprint density at radius 1 is 0.833 bits per heavy atom. The fraction of sp³-hybridized carbons (Fsp3) is 0.360. The standard InChI is InChI=1S/C25H29N3O2/c1-5-26-11-13-27(14-12-26)23-22(20-10-9-18(3)19(4)16-20)24(29)28(25(23)30)21-8-6-7-17(2)15-21/h6-10,15-16H,5,11-14H2,1-4H3. The maximum absolute atomic E-state index is 13.6. The zero-order valence-corrected chi connectivity index (χ0v) is 18.2. The highest BCUT2D eigenvalue weighted by Crippen LogP contribution is 2.36. The third-order valence-electron chi connectivity index (χ3n) is 6.25. The Kier molecular flexibility index (Phi) is 5.48. The molecule has 1 fully saturated rings. The van der Waals surface area contributed by atoms with Crippen LogP contribution in [-0.4, -0.2) is 54.3 Å². The number of rotatable bonds is 4. The van der Waals surface area contributed by atoms with E-state index >= 15 is 0 Å². The number of hydrogen-bond donors (Lipinski definition) is 0. The van der Waals surface area contributed by atoms with Gasteiger partial charge in [0.15, 0.2) is 0 Å². The third-order valence-corrected chi connectivity index (χ3v) is 6.25. The van der Waals surface area contributed by atoms with Crippen LogP contribution in [0.5, 0.6) is 0 Å². The van der Waals surface area contributed by atoms with Gasteiger partial charge in [-0.2, -0.15) is 0 Å². The summed E-state index contributed by atoms with van der Waals surface area (Å²) in [5, 5.41) is 0. The maximum Gasteiger partial charge on any atom is 0.282 e. The molecular formula is C25H29N3O2. The van der Waals surface area contributed by atoms with Crippen molar-refractivity contribution in [2.24, 2.45) is 0 Å². The molecule has 5 heteroatoms. The van der Waals surface area contributed by atoms with Gasteiger partial charge in [-0.05, 0) is 61.7 Å². The third kappa shape index (κ3) is 3.54. The Bertz CT molecular complexity index is 1030. The predicted octanol–water partition coefficient (Wildman–Crippen LogP) is 3.53. The number of nitrogens with zero attached hydrogens (tertiary/aromatic N) is 3. The van der Waals surface area contributed by atoms with Crippen LogP contribution in [0.15, 0.2) is 48.2 Å². The summed E-state index contributed by atoms with van der Waals surface area (Å²) >= 11 is 0. The first-order valence-corrected chi connectivity index (χ1v) is 10.7. The van der Waals surface area contributed by atoms with Crippen molar-refractivity contribution in [2.45, 2.75) is 27.7 Å². The summed E-state index contributed by atoms with van der Waals surface area (Å²) in [6, 6.07) is 13.6. The topological polar surface area (TPSA) is 43.9 Å². The second kappa shape index (κ2) is 8.07. The summed E-state index contributed by atoms with van der Waals surface area (Å²) in [7, 11) is 0. The van der Waals surface area contributed by atoms with E-state index in [2.05, 4.69) is 23.6 Å². The molecule has 2 aromatic carbocycles. The van der Waals surface area contributed by atoms with Crippen molar-refractivity contribution >= 4 is 23.1 Å². The molecule has 0 bridgehead atoms. The van der Waals surface area contributed by atoms with Gasteiger partial charge in [0.25, 0.3) is 11.8 Å². The number of imide groups is 1. The predicted molar refractivity (Wildman–Crippen MR) is 120 cm³/mol. The van der Waals surface area contributed by atoms with Crippen LogP contribution in [-0.2, 0) is 9.59 Å². The number of hydrogen-bond acceptors (Lipinski definition) is 4. The van der Waals surface area contributed by atoms with Crippen LogP contribution in [0.1, 0.15) is 29.2 Å². The van der Waals surface area contributed by atoms with Gasteiger partial charge in [-0.15, -0.1) is 0 Å². The van der Waals surface area contributed by atoms with Crippen molar-refractivity contribution in [1.82, 2.24) is 9.80 Å². The SMILES string of the molecule is CCN1CCN(C2=C(c3ccc(C)c(C)c3)C(=O)N(c3cccc(C)c3)C2=O)CC1. The molecule has 5 nitrogen and oxygen atoms in total. The van der Waals surface area contributed by atoms with E-state index in [9.17, 15) is 9.59 Å². The van der Waals surface area contributed by atoms with Crippen molar-refractivity contribution in [1.29, 1.82) is 0 Å². The van der Waals surface area contributed by atoms with Crippen LogP contribution in [0.25, 0.3) is 5.57 Å². The summed E-state index contributed by atoms with van der Waals surface area (Å²) in [6.45, 7) is 12.5. The Morgan fingerprint density at radius 2 is 1.57 bits per heavy atom. The van der Waals surface area contributed by atoms with Crippen molar-refractivity contribution < 1.29 is 9.59 Å². The molecule has 0 unspecified atom stereocenters. The minimum Gasteiger partial charge on any atom is -0.364 e. The molecule has 30 heavy (non-hydrogen) atoms. The van der Waals surface area contributed by atoms with Crippen LogP contribution in [0.4, 0.5) is 5.69 Å². The molecule has 1 saturated heterocycles. The lowest BCUT2D eigenvalue weighted by Crippen LogP contribution is -2.47. The smallest absolute Gasteiger partial charge is 0.282 e. The largest absolute Gasteiger partial charge is 0.364 e. The Balaban J connectivity index is 1.80. The minimum absolute atomic E-state index is 0.219. The molecule has 2 heterocycles. The van der Waals surface area contributed by atoms with Crippen molar-refractivity contribution in [3.8, 4) is 0 Å². The van der Waals surface area contributed by atoms with Crippen LogP contribution in [0.2, 0.25) is 0 Å². The normalized spacial score (nSPS) is 18.0. The van der Waals surface area contributed by atoms with E-state index in [0.29, 0.717) is 17.0 Å². The highest BCUT2D eigenvalue weighted by Gasteiger charge is 2.43. The van der Waals surface area contributed by atoms with Gasteiger partial charge < -0.3 is 9.80 Å². The zero-order valence-electron chi connectivity index (χ0n) is 18.2. The van der Waals surface area contributed by atoms with E-state index in [-0.39, 0.29) is 11.8 Å². The van der Waals surface area contributed by atoms with Gasteiger partial charge in [0.2, 0.25) is 0 Å². The highest BCUT2D eigenvalue weighted by atomic mass is 16.2. The quantitative estimate of drug-likeness (QED) is 0.733. The molecule has 0 atom stereocenters. The minimum atomic E-state index is -0.234. The van der Waals surface area contributed by atoms with Gasteiger partial charge in [-0.3, -0.25) is 9.59 Å². The first kappa shape index (κ1) is 20.4. The van der Waals surface area contributed by atoms with Gasteiger partial charge in [-0.1, -0.05) is 37.3 Å². The lowest BCUT2D eigenvalue weighted by molar-refractivity contribution is -0.120. The van der Waals surface area contributed by atoms with Crippen molar-refractivity contribution in [3.05, 3.63) is 70.4 Å². The van der Waals surface area contributed by atoms with Gasteiger partial charge >= 0.3 is 0 Å². The molecule has 4 rings (SSSR count). The van der Waals surface area contributed by atoms with Gasteiger partial charge in [-0.25, -0.2) is 4.90 Å². The average molecular weight is 404 g/mol. The number of likely N-dealkylation sites (N-methyl/N-ethyl adjacent to an activating group) is 1. The lowest BCUT2D eigenvalue weighted by Gasteiger charge is -2.36. The summed E-state index contributed by atoms with van der Waals surface area (Å²) in [6.07, 6.45) is 0.